The maximum Gasteiger partial charge on any atom is 0.494 e. The molecule has 4 nitrogen and oxygen atoms in total. The van der Waals surface area contributed by atoms with Crippen molar-refractivity contribution in [3.8, 4) is 0 Å². The van der Waals surface area contributed by atoms with Crippen LogP contribution in [0, 0.1) is 0 Å². The Kier molecular flexibility index (Phi) is 4.29. The fourth-order valence-electron chi connectivity index (χ4n) is 3.35. The van der Waals surface area contributed by atoms with E-state index in [-0.39, 0.29) is 24.3 Å². The second-order valence-electron chi connectivity index (χ2n) is 7.87. The van der Waals surface area contributed by atoms with Gasteiger partial charge in [0.1, 0.15) is 0 Å². The summed E-state index contributed by atoms with van der Waals surface area (Å²) in [7, 11) is -0.371. The smallest absolute Gasteiger partial charge is 0.465 e. The average molecular weight is 330 g/mol. The van der Waals surface area contributed by atoms with Gasteiger partial charge in [-0.1, -0.05) is 30.7 Å². The van der Waals surface area contributed by atoms with Crippen LogP contribution in [-0.4, -0.2) is 30.9 Å². The van der Waals surface area contributed by atoms with Gasteiger partial charge >= 0.3 is 13.1 Å². The summed E-state index contributed by atoms with van der Waals surface area (Å²) in [6.45, 7) is 10.5. The molecule has 0 unspecified atom stereocenters. The Morgan fingerprint density at radius 3 is 2.04 bits per heavy atom. The highest BCUT2D eigenvalue weighted by molar-refractivity contribution is 6.62. The van der Waals surface area contributed by atoms with E-state index in [1.807, 2.05) is 58.9 Å². The minimum atomic E-state index is -0.454. The summed E-state index contributed by atoms with van der Waals surface area (Å²) < 4.78 is 17.5. The van der Waals surface area contributed by atoms with Gasteiger partial charge in [0.05, 0.1) is 23.2 Å². The minimum absolute atomic E-state index is 0.0976. The maximum absolute atomic E-state index is 12.4. The lowest BCUT2D eigenvalue weighted by atomic mass is 9.64. The predicted octanol–water partition coefficient (Wildman–Crippen LogP) is 2.97. The zero-order valence-corrected chi connectivity index (χ0v) is 15.3. The number of hydrogen-bond acceptors (Lipinski definition) is 4. The van der Waals surface area contributed by atoms with Gasteiger partial charge in [-0.15, -0.1) is 0 Å². The Labute approximate surface area is 145 Å². The van der Waals surface area contributed by atoms with E-state index in [0.717, 1.165) is 30.3 Å². The molecule has 0 atom stereocenters. The van der Waals surface area contributed by atoms with Crippen LogP contribution in [0.5, 0.6) is 0 Å². The van der Waals surface area contributed by atoms with Gasteiger partial charge in [0, 0.05) is 0 Å². The number of rotatable bonds is 4. The van der Waals surface area contributed by atoms with Crippen LogP contribution in [0.4, 0.5) is 0 Å². The van der Waals surface area contributed by atoms with E-state index in [0.29, 0.717) is 6.61 Å². The van der Waals surface area contributed by atoms with Crippen LogP contribution in [0.2, 0.25) is 0 Å². The van der Waals surface area contributed by atoms with Crippen molar-refractivity contribution in [3.05, 3.63) is 29.8 Å². The van der Waals surface area contributed by atoms with Gasteiger partial charge in [-0.25, -0.2) is 0 Å². The Balaban J connectivity index is 1.80. The van der Waals surface area contributed by atoms with E-state index in [9.17, 15) is 4.79 Å². The molecule has 0 radical (unpaired) electrons. The SMILES string of the molecule is CCOC(=O)C1(c2ccc(B3OC(C)(C)C(C)(C)O3)cc2)CCC1. The zero-order valence-electron chi connectivity index (χ0n) is 15.3. The van der Waals surface area contributed by atoms with Gasteiger partial charge < -0.3 is 14.0 Å². The van der Waals surface area contributed by atoms with Crippen LogP contribution in [-0.2, 0) is 24.3 Å². The first-order chi connectivity index (χ1) is 11.2. The number of carbonyl (C=O) groups excluding carboxylic acids is 1. The van der Waals surface area contributed by atoms with Crippen LogP contribution < -0.4 is 5.46 Å². The largest absolute Gasteiger partial charge is 0.494 e. The van der Waals surface area contributed by atoms with Crippen molar-refractivity contribution in [3.63, 3.8) is 0 Å². The van der Waals surface area contributed by atoms with Crippen molar-refractivity contribution in [2.24, 2.45) is 0 Å². The van der Waals surface area contributed by atoms with E-state index < -0.39 is 5.41 Å². The molecule has 0 bridgehead atoms. The van der Waals surface area contributed by atoms with Crippen molar-refractivity contribution < 1.29 is 18.8 Å². The zero-order chi connectivity index (χ0) is 17.6. The van der Waals surface area contributed by atoms with E-state index in [4.69, 9.17) is 14.0 Å². The van der Waals surface area contributed by atoms with Crippen molar-refractivity contribution in [1.82, 2.24) is 0 Å². The normalized spacial score (nSPS) is 23.6. The fraction of sp³-hybridized carbons (Fsp3) is 0.632. The highest BCUT2D eigenvalue weighted by Gasteiger charge is 2.52. The Morgan fingerprint density at radius 2 is 1.62 bits per heavy atom. The van der Waals surface area contributed by atoms with Gasteiger partial charge in [0.25, 0.3) is 0 Å². The molecule has 1 saturated heterocycles. The Morgan fingerprint density at radius 1 is 1.08 bits per heavy atom. The highest BCUT2D eigenvalue weighted by atomic mass is 16.7. The molecule has 130 valence electrons. The summed E-state index contributed by atoms with van der Waals surface area (Å²) in [6.07, 6.45) is 2.79. The molecule has 0 amide bonds. The standard InChI is InChI=1S/C19H27BO4/c1-6-22-16(21)19(12-7-13-19)14-8-10-15(11-9-14)20-23-17(2,3)18(4,5)24-20/h8-11H,6-7,12-13H2,1-5H3. The van der Waals surface area contributed by atoms with Crippen LogP contribution in [0.15, 0.2) is 24.3 Å². The summed E-state index contributed by atoms with van der Waals surface area (Å²) in [5.74, 6) is -0.0976. The first-order valence-electron chi connectivity index (χ1n) is 8.85. The average Bonchev–Trinajstić information content (AvgIpc) is 2.67. The lowest BCUT2D eigenvalue weighted by Crippen LogP contribution is -2.44. The Bertz CT molecular complexity index is 601. The first-order valence-corrected chi connectivity index (χ1v) is 8.85. The molecule has 3 rings (SSSR count). The summed E-state index contributed by atoms with van der Waals surface area (Å²) in [5, 5.41) is 0. The summed E-state index contributed by atoms with van der Waals surface area (Å²) in [5.41, 5.74) is 0.861. The van der Waals surface area contributed by atoms with Crippen LogP contribution in [0.3, 0.4) is 0 Å². The second-order valence-corrected chi connectivity index (χ2v) is 7.87. The summed E-state index contributed by atoms with van der Waals surface area (Å²) >= 11 is 0. The highest BCUT2D eigenvalue weighted by Crippen LogP contribution is 2.44. The van der Waals surface area contributed by atoms with E-state index in [2.05, 4.69) is 0 Å². The molecule has 0 aromatic heterocycles. The number of ether oxygens (including phenoxy) is 1. The third-order valence-corrected chi connectivity index (χ3v) is 5.86. The second kappa shape index (κ2) is 5.89. The molecule has 24 heavy (non-hydrogen) atoms. The van der Waals surface area contributed by atoms with Gasteiger partial charge in [0.15, 0.2) is 0 Å². The topological polar surface area (TPSA) is 44.8 Å². The number of carbonyl (C=O) groups is 1. The molecule has 5 heteroatoms. The van der Waals surface area contributed by atoms with Crippen LogP contribution in [0.25, 0.3) is 0 Å². The van der Waals surface area contributed by atoms with Crippen molar-refractivity contribution in [1.29, 1.82) is 0 Å². The third-order valence-electron chi connectivity index (χ3n) is 5.86. The predicted molar refractivity (Wildman–Crippen MR) is 94.3 cm³/mol. The molecule has 1 aromatic carbocycles. The molecule has 1 aliphatic carbocycles. The molecule has 0 spiro atoms. The fourth-order valence-corrected chi connectivity index (χ4v) is 3.35. The molecule has 2 aliphatic rings. The van der Waals surface area contributed by atoms with Crippen molar-refractivity contribution >= 4 is 18.6 Å². The van der Waals surface area contributed by atoms with Crippen LogP contribution in [0.1, 0.15) is 59.4 Å². The number of hydrogen-bond donors (Lipinski definition) is 0. The Hall–Kier alpha value is -1.33. The maximum atomic E-state index is 12.4. The molecule has 1 aromatic rings. The van der Waals surface area contributed by atoms with Gasteiger partial charge in [-0.3, -0.25) is 4.79 Å². The van der Waals surface area contributed by atoms with Gasteiger partial charge in [-0.2, -0.15) is 0 Å². The number of benzene rings is 1. The van der Waals surface area contributed by atoms with Crippen molar-refractivity contribution in [2.75, 3.05) is 6.61 Å². The number of esters is 1. The lowest BCUT2D eigenvalue weighted by molar-refractivity contribution is -0.153. The van der Waals surface area contributed by atoms with E-state index >= 15 is 0 Å². The lowest BCUT2D eigenvalue weighted by Gasteiger charge is -2.39. The molecule has 1 saturated carbocycles. The molecular formula is C19H27BO4. The monoisotopic (exact) mass is 330 g/mol. The van der Waals surface area contributed by atoms with Gasteiger partial charge in [-0.05, 0) is 58.5 Å². The quantitative estimate of drug-likeness (QED) is 0.629. The first kappa shape index (κ1) is 17.5. The van der Waals surface area contributed by atoms with Gasteiger partial charge in [0.2, 0.25) is 0 Å². The minimum Gasteiger partial charge on any atom is -0.465 e. The summed E-state index contributed by atoms with van der Waals surface area (Å²) in [6, 6.07) is 8.07. The van der Waals surface area contributed by atoms with E-state index in [1.165, 1.54) is 0 Å². The molecule has 1 heterocycles. The van der Waals surface area contributed by atoms with E-state index in [1.54, 1.807) is 0 Å². The van der Waals surface area contributed by atoms with Crippen molar-refractivity contribution in [2.45, 2.75) is 70.5 Å². The molecule has 2 fully saturated rings. The molecular weight excluding hydrogens is 303 g/mol. The summed E-state index contributed by atoms with van der Waals surface area (Å²) in [4.78, 5) is 12.4. The molecule has 0 N–H and O–H groups in total. The van der Waals surface area contributed by atoms with Crippen LogP contribution >= 0.6 is 0 Å². The third kappa shape index (κ3) is 2.68. The molecule has 1 aliphatic heterocycles.